The second-order valence-electron chi connectivity index (χ2n) is 6.50. The number of nitrogens with one attached hydrogen (secondary N) is 1. The fourth-order valence-corrected chi connectivity index (χ4v) is 3.76. The van der Waals surface area contributed by atoms with Gasteiger partial charge >= 0.3 is 0 Å². The monoisotopic (exact) mass is 430 g/mol. The highest BCUT2D eigenvalue weighted by Gasteiger charge is 2.22. The van der Waals surface area contributed by atoms with Gasteiger partial charge in [0.05, 0.1) is 11.4 Å². The number of tetrazole rings is 1. The van der Waals surface area contributed by atoms with E-state index < -0.39 is 0 Å². The highest BCUT2D eigenvalue weighted by Crippen LogP contribution is 2.29. The van der Waals surface area contributed by atoms with Crippen LogP contribution < -0.4 is 5.32 Å². The molecule has 1 N–H and O–H groups in total. The third-order valence-corrected chi connectivity index (χ3v) is 5.26. The largest absolute Gasteiger partial charge is 0.360 e. The number of pyridine rings is 1. The van der Waals surface area contributed by atoms with E-state index in [1.54, 1.807) is 30.1 Å². The Kier molecular flexibility index (Phi) is 4.77. The van der Waals surface area contributed by atoms with E-state index in [2.05, 4.69) is 36.0 Å². The first-order chi connectivity index (χ1) is 15.2. The minimum atomic E-state index is -0.346. The van der Waals surface area contributed by atoms with Gasteiger partial charge in [-0.15, -0.1) is 16.4 Å². The molecule has 31 heavy (non-hydrogen) atoms. The number of benzene rings is 1. The lowest BCUT2D eigenvalue weighted by Gasteiger charge is -2.03. The molecular weight excluding hydrogens is 416 g/mol. The van der Waals surface area contributed by atoms with Crippen LogP contribution >= 0.6 is 11.3 Å². The molecule has 1 aromatic carbocycles. The summed E-state index contributed by atoms with van der Waals surface area (Å²) in [4.78, 5) is 21.6. The molecule has 0 spiro atoms. The minimum absolute atomic E-state index is 0.346. The summed E-state index contributed by atoms with van der Waals surface area (Å²) in [5, 5.41) is 20.4. The van der Waals surface area contributed by atoms with Crippen LogP contribution in [0.2, 0.25) is 0 Å². The van der Waals surface area contributed by atoms with E-state index >= 15 is 0 Å². The lowest BCUT2D eigenvalue weighted by molar-refractivity contribution is 0.102. The number of aromatic nitrogens is 7. The maximum atomic E-state index is 13.0. The molecule has 152 valence electrons. The van der Waals surface area contributed by atoms with Crippen molar-refractivity contribution in [3.05, 3.63) is 71.8 Å². The maximum absolute atomic E-state index is 13.0. The zero-order valence-electron chi connectivity index (χ0n) is 16.1. The summed E-state index contributed by atoms with van der Waals surface area (Å²) in [6.45, 7) is 1.69. The van der Waals surface area contributed by atoms with Gasteiger partial charge < -0.3 is 4.52 Å². The molecule has 10 nitrogen and oxygen atoms in total. The number of rotatable bonds is 5. The molecule has 0 aliphatic rings. The third-order valence-electron chi connectivity index (χ3n) is 4.50. The van der Waals surface area contributed by atoms with Crippen molar-refractivity contribution in [3.8, 4) is 28.2 Å². The number of carbonyl (C=O) groups excluding carboxylic acids is 1. The summed E-state index contributed by atoms with van der Waals surface area (Å²) >= 11 is 1.33. The van der Waals surface area contributed by atoms with Crippen LogP contribution in [0.15, 0.2) is 65.0 Å². The van der Waals surface area contributed by atoms with Gasteiger partial charge in [-0.3, -0.25) is 15.1 Å². The first-order valence-corrected chi connectivity index (χ1v) is 10.0. The van der Waals surface area contributed by atoms with Crippen LogP contribution in [0.1, 0.15) is 16.1 Å². The third kappa shape index (κ3) is 3.69. The van der Waals surface area contributed by atoms with Crippen LogP contribution in [-0.4, -0.2) is 41.2 Å². The van der Waals surface area contributed by atoms with E-state index in [0.29, 0.717) is 27.7 Å². The molecule has 5 rings (SSSR count). The minimum Gasteiger partial charge on any atom is -0.360 e. The first-order valence-electron chi connectivity index (χ1n) is 9.16. The molecule has 0 saturated heterocycles. The van der Waals surface area contributed by atoms with Gasteiger partial charge in [-0.1, -0.05) is 17.3 Å². The van der Waals surface area contributed by atoms with Crippen molar-refractivity contribution in [2.24, 2.45) is 0 Å². The molecule has 4 heterocycles. The molecule has 0 unspecified atom stereocenters. The molecule has 0 aliphatic carbocycles. The molecule has 0 bridgehead atoms. The van der Waals surface area contributed by atoms with E-state index in [4.69, 9.17) is 4.52 Å². The van der Waals surface area contributed by atoms with Crippen molar-refractivity contribution in [3.63, 3.8) is 0 Å². The Balaban J connectivity index is 1.40. The van der Waals surface area contributed by atoms with Gasteiger partial charge in [-0.2, -0.15) is 0 Å². The molecule has 0 radical (unpaired) electrons. The number of anilines is 1. The summed E-state index contributed by atoms with van der Waals surface area (Å²) in [6.07, 6.45) is 4.81. The second kappa shape index (κ2) is 7.88. The van der Waals surface area contributed by atoms with Crippen molar-refractivity contribution in [1.29, 1.82) is 0 Å². The van der Waals surface area contributed by atoms with Crippen LogP contribution in [0.5, 0.6) is 0 Å². The molecule has 4 aromatic heterocycles. The molecule has 5 aromatic rings. The summed E-state index contributed by atoms with van der Waals surface area (Å²) in [7, 11) is 0. The second-order valence-corrected chi connectivity index (χ2v) is 7.36. The number of amides is 1. The number of nitrogens with zero attached hydrogens (tertiary/aromatic N) is 7. The fraction of sp³-hybridized carbons (Fsp3) is 0.0500. The van der Waals surface area contributed by atoms with E-state index in [9.17, 15) is 4.79 Å². The number of aryl methyl sites for hydroxylation is 1. The Morgan fingerprint density at radius 2 is 2.10 bits per heavy atom. The molecule has 0 atom stereocenters. The molecule has 0 fully saturated rings. The van der Waals surface area contributed by atoms with E-state index in [0.717, 1.165) is 16.9 Å². The summed E-state index contributed by atoms with van der Waals surface area (Å²) in [5.41, 5.74) is 3.90. The summed E-state index contributed by atoms with van der Waals surface area (Å²) < 4.78 is 6.82. The quantitative estimate of drug-likeness (QED) is 0.450. The van der Waals surface area contributed by atoms with Crippen molar-refractivity contribution >= 4 is 22.4 Å². The molecule has 0 saturated carbocycles. The van der Waals surface area contributed by atoms with Gasteiger partial charge in [-0.05, 0) is 41.6 Å². The van der Waals surface area contributed by atoms with Gasteiger partial charge in [0.2, 0.25) is 0 Å². The predicted molar refractivity (Wildman–Crippen MR) is 113 cm³/mol. The zero-order valence-corrected chi connectivity index (χ0v) is 16.9. The highest BCUT2D eigenvalue weighted by atomic mass is 32.1. The average Bonchev–Trinajstić information content (AvgIpc) is 3.56. The molecule has 1 amide bonds. The van der Waals surface area contributed by atoms with E-state index in [1.807, 2.05) is 35.7 Å². The van der Waals surface area contributed by atoms with Crippen LogP contribution in [0.25, 0.3) is 28.2 Å². The van der Waals surface area contributed by atoms with Gasteiger partial charge in [0.1, 0.15) is 23.3 Å². The lowest BCUT2D eigenvalue weighted by atomic mass is 10.1. The van der Waals surface area contributed by atoms with E-state index in [-0.39, 0.29) is 5.91 Å². The van der Waals surface area contributed by atoms with E-state index in [1.165, 1.54) is 17.7 Å². The summed E-state index contributed by atoms with van der Waals surface area (Å²) in [5.74, 6) is 0.0724. The molecule has 0 aliphatic heterocycles. The summed E-state index contributed by atoms with van der Waals surface area (Å²) in [6, 6.07) is 11.2. The Hall–Kier alpha value is -4.25. The Bertz CT molecular complexity index is 1340. The standard InChI is InChI=1S/C20H14N8O2S/c1-12-17(18(25-30-12)14-5-3-7-21-9-14)19(29)24-20-23-16(10-31-20)13-4-2-6-15(8-13)28-11-22-26-27-28/h2-11H,1H3,(H,23,24,29). The smallest absolute Gasteiger partial charge is 0.263 e. The van der Waals surface area contributed by atoms with Crippen molar-refractivity contribution in [2.45, 2.75) is 6.92 Å². The topological polar surface area (TPSA) is 125 Å². The van der Waals surface area contributed by atoms with Crippen molar-refractivity contribution < 1.29 is 9.32 Å². The van der Waals surface area contributed by atoms with Crippen LogP contribution in [-0.2, 0) is 0 Å². The number of hydrogen-bond acceptors (Lipinski definition) is 9. The number of carbonyl (C=O) groups is 1. The fourth-order valence-electron chi connectivity index (χ4n) is 3.05. The number of thiazole rings is 1. The molecule has 11 heteroatoms. The van der Waals surface area contributed by atoms with Crippen LogP contribution in [0.3, 0.4) is 0 Å². The van der Waals surface area contributed by atoms with Crippen molar-refractivity contribution in [1.82, 2.24) is 35.3 Å². The number of hydrogen-bond donors (Lipinski definition) is 1. The van der Waals surface area contributed by atoms with Crippen LogP contribution in [0, 0.1) is 6.92 Å². The molecular formula is C20H14N8O2S. The van der Waals surface area contributed by atoms with Gasteiger partial charge in [-0.25, -0.2) is 9.67 Å². The normalized spacial score (nSPS) is 10.9. The Labute approximate surface area is 179 Å². The highest BCUT2D eigenvalue weighted by molar-refractivity contribution is 7.14. The van der Waals surface area contributed by atoms with Gasteiger partial charge in [0.15, 0.2) is 5.13 Å². The predicted octanol–water partition coefficient (Wildman–Crippen LogP) is 3.40. The zero-order chi connectivity index (χ0) is 21.2. The van der Waals surface area contributed by atoms with Gasteiger partial charge in [0.25, 0.3) is 5.91 Å². The average molecular weight is 430 g/mol. The SMILES string of the molecule is Cc1onc(-c2cccnc2)c1C(=O)Nc1nc(-c2cccc(-n3cnnn3)c2)cs1. The first kappa shape index (κ1) is 18.8. The Morgan fingerprint density at radius 3 is 2.90 bits per heavy atom. The van der Waals surface area contributed by atoms with Crippen molar-refractivity contribution in [2.75, 3.05) is 5.32 Å². The lowest BCUT2D eigenvalue weighted by Crippen LogP contribution is -2.13. The van der Waals surface area contributed by atoms with Crippen LogP contribution in [0.4, 0.5) is 5.13 Å². The van der Waals surface area contributed by atoms with Gasteiger partial charge in [0, 0.05) is 28.9 Å². The maximum Gasteiger partial charge on any atom is 0.263 e. The Morgan fingerprint density at radius 1 is 1.19 bits per heavy atom.